The number of hydrogen-bond donors (Lipinski definition) is 3. The standard InChI is InChI=1S/C15H26N2O3/c1-11-5-2-3-6-12(11)17-14(20)16-10-15(7-4-8-15)9-13(18)19/h11-12H,2-10H2,1H3,(H,18,19)(H2,16,17,20). The van der Waals surface area contributed by atoms with Gasteiger partial charge in [-0.1, -0.05) is 26.2 Å². The van der Waals surface area contributed by atoms with Crippen molar-refractivity contribution in [3.05, 3.63) is 0 Å². The molecule has 2 saturated carbocycles. The van der Waals surface area contributed by atoms with Crippen LogP contribution in [0.15, 0.2) is 0 Å². The first-order valence-corrected chi connectivity index (χ1v) is 7.77. The van der Waals surface area contributed by atoms with Gasteiger partial charge < -0.3 is 15.7 Å². The molecule has 0 aromatic carbocycles. The Bertz CT molecular complexity index is 366. The van der Waals surface area contributed by atoms with E-state index in [0.29, 0.717) is 12.5 Å². The monoisotopic (exact) mass is 282 g/mol. The summed E-state index contributed by atoms with van der Waals surface area (Å²) in [5, 5.41) is 14.9. The molecule has 2 fully saturated rings. The summed E-state index contributed by atoms with van der Waals surface area (Å²) in [5.41, 5.74) is -0.207. The molecule has 2 unspecified atom stereocenters. The van der Waals surface area contributed by atoms with E-state index in [2.05, 4.69) is 17.6 Å². The number of aliphatic carboxylic acids is 1. The highest BCUT2D eigenvalue weighted by Crippen LogP contribution is 2.43. The van der Waals surface area contributed by atoms with Crippen molar-refractivity contribution in [2.75, 3.05) is 6.54 Å². The van der Waals surface area contributed by atoms with Crippen LogP contribution in [0.2, 0.25) is 0 Å². The molecule has 0 heterocycles. The second-order valence-corrected chi connectivity index (χ2v) is 6.62. The van der Waals surface area contributed by atoms with Gasteiger partial charge in [-0.2, -0.15) is 0 Å². The number of carbonyl (C=O) groups excluding carboxylic acids is 1. The van der Waals surface area contributed by atoms with Gasteiger partial charge in [-0.25, -0.2) is 4.79 Å². The first-order chi connectivity index (χ1) is 9.51. The highest BCUT2D eigenvalue weighted by molar-refractivity contribution is 5.74. The van der Waals surface area contributed by atoms with Gasteiger partial charge in [0.25, 0.3) is 0 Å². The summed E-state index contributed by atoms with van der Waals surface area (Å²) in [6, 6.07) is 0.126. The van der Waals surface area contributed by atoms with Crippen LogP contribution in [0.4, 0.5) is 4.79 Å². The molecule has 20 heavy (non-hydrogen) atoms. The van der Waals surface area contributed by atoms with Crippen molar-refractivity contribution in [3.63, 3.8) is 0 Å². The van der Waals surface area contributed by atoms with Crippen LogP contribution in [0.5, 0.6) is 0 Å². The van der Waals surface area contributed by atoms with Crippen LogP contribution in [0.25, 0.3) is 0 Å². The Balaban J connectivity index is 1.75. The van der Waals surface area contributed by atoms with Crippen LogP contribution < -0.4 is 10.6 Å². The van der Waals surface area contributed by atoms with E-state index in [-0.39, 0.29) is 23.9 Å². The SMILES string of the molecule is CC1CCCCC1NC(=O)NCC1(CC(=O)O)CCC1. The van der Waals surface area contributed by atoms with Crippen LogP contribution in [0, 0.1) is 11.3 Å². The van der Waals surface area contributed by atoms with Gasteiger partial charge in [0.15, 0.2) is 0 Å². The minimum atomic E-state index is -0.771. The number of urea groups is 1. The summed E-state index contributed by atoms with van der Waals surface area (Å²) in [6.07, 6.45) is 7.69. The van der Waals surface area contributed by atoms with Crippen molar-refractivity contribution in [3.8, 4) is 0 Å². The first kappa shape index (κ1) is 15.1. The largest absolute Gasteiger partial charge is 0.481 e. The smallest absolute Gasteiger partial charge is 0.315 e. The zero-order valence-electron chi connectivity index (χ0n) is 12.3. The third kappa shape index (κ3) is 3.87. The van der Waals surface area contributed by atoms with Gasteiger partial charge in [-0.15, -0.1) is 0 Å². The molecule has 0 spiro atoms. The zero-order valence-corrected chi connectivity index (χ0v) is 12.3. The molecular weight excluding hydrogens is 256 g/mol. The molecular formula is C15H26N2O3. The summed E-state index contributed by atoms with van der Waals surface area (Å²) in [6.45, 7) is 2.66. The highest BCUT2D eigenvalue weighted by atomic mass is 16.4. The summed E-state index contributed by atoms with van der Waals surface area (Å²) < 4.78 is 0. The predicted molar refractivity (Wildman–Crippen MR) is 76.5 cm³/mol. The molecule has 5 nitrogen and oxygen atoms in total. The van der Waals surface area contributed by atoms with Crippen molar-refractivity contribution in [1.29, 1.82) is 0 Å². The van der Waals surface area contributed by atoms with Crippen LogP contribution in [-0.2, 0) is 4.79 Å². The molecule has 0 saturated heterocycles. The van der Waals surface area contributed by atoms with E-state index in [1.807, 2.05) is 0 Å². The third-order valence-electron chi connectivity index (χ3n) is 4.99. The maximum atomic E-state index is 12.0. The number of hydrogen-bond acceptors (Lipinski definition) is 2. The zero-order chi connectivity index (χ0) is 14.6. The molecule has 2 aliphatic carbocycles. The van der Waals surface area contributed by atoms with Crippen LogP contribution in [0.1, 0.15) is 58.3 Å². The Morgan fingerprint density at radius 1 is 1.20 bits per heavy atom. The van der Waals surface area contributed by atoms with Gasteiger partial charge in [0, 0.05) is 12.6 Å². The van der Waals surface area contributed by atoms with E-state index in [4.69, 9.17) is 5.11 Å². The van der Waals surface area contributed by atoms with Gasteiger partial charge >= 0.3 is 12.0 Å². The molecule has 2 aliphatic rings. The summed E-state index contributed by atoms with van der Waals surface area (Å²) in [4.78, 5) is 22.8. The molecule has 5 heteroatoms. The maximum absolute atomic E-state index is 12.0. The lowest BCUT2D eigenvalue weighted by Crippen LogP contribution is -2.50. The molecule has 2 atom stereocenters. The van der Waals surface area contributed by atoms with Crippen LogP contribution in [-0.4, -0.2) is 29.7 Å². The minimum Gasteiger partial charge on any atom is -0.481 e. The molecule has 0 bridgehead atoms. The summed E-state index contributed by atoms with van der Waals surface area (Å²) in [5.74, 6) is -0.237. The average Bonchev–Trinajstić information content (AvgIpc) is 2.35. The fourth-order valence-corrected chi connectivity index (χ4v) is 3.43. The van der Waals surface area contributed by atoms with Crippen molar-refractivity contribution in [1.82, 2.24) is 10.6 Å². The van der Waals surface area contributed by atoms with Gasteiger partial charge in [0.2, 0.25) is 0 Å². The first-order valence-electron chi connectivity index (χ1n) is 7.77. The quantitative estimate of drug-likeness (QED) is 0.725. The van der Waals surface area contributed by atoms with Gasteiger partial charge in [-0.3, -0.25) is 4.79 Å². The lowest BCUT2D eigenvalue weighted by Gasteiger charge is -2.41. The molecule has 0 aromatic heterocycles. The molecule has 0 aromatic rings. The van der Waals surface area contributed by atoms with Crippen molar-refractivity contribution >= 4 is 12.0 Å². The fourth-order valence-electron chi connectivity index (χ4n) is 3.43. The second-order valence-electron chi connectivity index (χ2n) is 6.62. The van der Waals surface area contributed by atoms with Crippen molar-refractivity contribution in [2.24, 2.45) is 11.3 Å². The van der Waals surface area contributed by atoms with E-state index in [1.54, 1.807) is 0 Å². The molecule has 0 aliphatic heterocycles. The Morgan fingerprint density at radius 3 is 2.45 bits per heavy atom. The highest BCUT2D eigenvalue weighted by Gasteiger charge is 2.39. The number of rotatable bonds is 5. The Labute approximate surface area is 120 Å². The van der Waals surface area contributed by atoms with E-state index in [1.165, 1.54) is 19.3 Å². The minimum absolute atomic E-state index is 0.139. The third-order valence-corrected chi connectivity index (χ3v) is 4.99. The van der Waals surface area contributed by atoms with Crippen molar-refractivity contribution < 1.29 is 14.7 Å². The topological polar surface area (TPSA) is 78.4 Å². The number of nitrogens with one attached hydrogen (secondary N) is 2. The molecule has 114 valence electrons. The van der Waals surface area contributed by atoms with Gasteiger partial charge in [0.1, 0.15) is 0 Å². The van der Waals surface area contributed by atoms with E-state index >= 15 is 0 Å². The molecule has 2 amide bonds. The Kier molecular flexibility index (Phi) is 4.89. The number of carboxylic acid groups (broad SMARTS) is 1. The Hall–Kier alpha value is -1.26. The van der Waals surface area contributed by atoms with Crippen molar-refractivity contribution in [2.45, 2.75) is 64.3 Å². The Morgan fingerprint density at radius 2 is 1.90 bits per heavy atom. The lowest BCUT2D eigenvalue weighted by atomic mass is 9.66. The lowest BCUT2D eigenvalue weighted by molar-refractivity contribution is -0.141. The van der Waals surface area contributed by atoms with E-state index in [0.717, 1.165) is 25.7 Å². The van der Waals surface area contributed by atoms with Gasteiger partial charge in [0.05, 0.1) is 6.42 Å². The predicted octanol–water partition coefficient (Wildman–Crippen LogP) is 2.51. The van der Waals surface area contributed by atoms with Gasteiger partial charge in [-0.05, 0) is 37.0 Å². The number of amides is 2. The molecule has 0 radical (unpaired) electrons. The summed E-state index contributed by atoms with van der Waals surface area (Å²) in [7, 11) is 0. The number of carboxylic acids is 1. The van der Waals surface area contributed by atoms with E-state index in [9.17, 15) is 9.59 Å². The average molecular weight is 282 g/mol. The second kappa shape index (κ2) is 6.46. The summed E-state index contributed by atoms with van der Waals surface area (Å²) >= 11 is 0. The molecule has 2 rings (SSSR count). The van der Waals surface area contributed by atoms with Crippen LogP contribution in [0.3, 0.4) is 0 Å². The normalized spacial score (nSPS) is 28.2. The fraction of sp³-hybridized carbons (Fsp3) is 0.867. The van der Waals surface area contributed by atoms with Crippen LogP contribution >= 0.6 is 0 Å². The number of carbonyl (C=O) groups is 2. The van der Waals surface area contributed by atoms with E-state index < -0.39 is 5.97 Å². The maximum Gasteiger partial charge on any atom is 0.315 e. The molecule has 3 N–H and O–H groups in total.